The maximum Gasteiger partial charge on any atom is 0.410 e. The van der Waals surface area contributed by atoms with Crippen LogP contribution in [0, 0.1) is 0 Å². The Hall–Kier alpha value is -1.63. The van der Waals surface area contributed by atoms with Crippen LogP contribution in [0.2, 0.25) is 0 Å². The minimum atomic E-state index is -0.499. The lowest BCUT2D eigenvalue weighted by molar-refractivity contribution is 0.0278. The van der Waals surface area contributed by atoms with Gasteiger partial charge in [-0.1, -0.05) is 0 Å². The summed E-state index contributed by atoms with van der Waals surface area (Å²) in [5.74, 6) is 1.67. The van der Waals surface area contributed by atoms with Crippen LogP contribution in [0.1, 0.15) is 32.4 Å². The Labute approximate surface area is 118 Å². The van der Waals surface area contributed by atoms with E-state index in [-0.39, 0.29) is 6.09 Å². The highest BCUT2D eigenvalue weighted by molar-refractivity contribution is 5.67. The summed E-state index contributed by atoms with van der Waals surface area (Å²) in [6, 6.07) is 0. The Balaban J connectivity index is 2.03. The third-order valence-electron chi connectivity index (χ3n) is 2.92. The molecule has 0 atom stereocenters. The smallest absolute Gasteiger partial charge is 0.410 e. The van der Waals surface area contributed by atoms with Crippen molar-refractivity contribution in [1.82, 2.24) is 19.7 Å². The van der Waals surface area contributed by atoms with Gasteiger partial charge in [0.25, 0.3) is 0 Å². The van der Waals surface area contributed by atoms with Gasteiger partial charge >= 0.3 is 6.09 Å². The SMILES string of the molecule is CN(Cc1nnc2n1CCOCC2)C(=O)OC(C)(C)C. The number of aromatic nitrogens is 3. The molecule has 7 nitrogen and oxygen atoms in total. The normalized spacial score (nSPS) is 15.4. The van der Waals surface area contributed by atoms with Crippen LogP contribution < -0.4 is 0 Å². The second-order valence-corrected chi connectivity index (χ2v) is 5.88. The minimum absolute atomic E-state index is 0.361. The van der Waals surface area contributed by atoms with E-state index >= 15 is 0 Å². The van der Waals surface area contributed by atoms with Crippen molar-refractivity contribution in [3.63, 3.8) is 0 Å². The number of hydrogen-bond acceptors (Lipinski definition) is 5. The van der Waals surface area contributed by atoms with E-state index in [1.165, 1.54) is 4.90 Å². The predicted octanol–water partition coefficient (Wildman–Crippen LogP) is 1.22. The van der Waals surface area contributed by atoms with Gasteiger partial charge in [0.1, 0.15) is 11.4 Å². The highest BCUT2D eigenvalue weighted by Crippen LogP contribution is 2.12. The maximum absolute atomic E-state index is 11.9. The van der Waals surface area contributed by atoms with Crippen LogP contribution in [0.4, 0.5) is 4.79 Å². The van der Waals surface area contributed by atoms with Crippen molar-refractivity contribution in [3.8, 4) is 0 Å². The second kappa shape index (κ2) is 5.78. The van der Waals surface area contributed by atoms with Gasteiger partial charge in [0, 0.05) is 20.0 Å². The monoisotopic (exact) mass is 282 g/mol. The fourth-order valence-electron chi connectivity index (χ4n) is 1.97. The van der Waals surface area contributed by atoms with E-state index in [1.54, 1.807) is 7.05 Å². The summed E-state index contributed by atoms with van der Waals surface area (Å²) in [7, 11) is 1.70. The summed E-state index contributed by atoms with van der Waals surface area (Å²) in [4.78, 5) is 13.5. The molecule has 0 unspecified atom stereocenters. The Kier molecular flexibility index (Phi) is 4.27. The molecule has 1 amide bonds. The molecule has 0 bridgehead atoms. The van der Waals surface area contributed by atoms with E-state index < -0.39 is 5.60 Å². The van der Waals surface area contributed by atoms with Crippen molar-refractivity contribution in [3.05, 3.63) is 11.6 Å². The quantitative estimate of drug-likeness (QED) is 0.815. The molecule has 0 aromatic carbocycles. The van der Waals surface area contributed by atoms with Gasteiger partial charge in [-0.05, 0) is 20.8 Å². The molecule has 112 valence electrons. The number of rotatable bonds is 2. The molecule has 0 fully saturated rings. The molecule has 20 heavy (non-hydrogen) atoms. The van der Waals surface area contributed by atoms with Crippen molar-refractivity contribution in [2.75, 3.05) is 20.3 Å². The largest absolute Gasteiger partial charge is 0.444 e. The molecule has 0 saturated carbocycles. The standard InChI is InChI=1S/C13H22N4O3/c1-13(2,3)20-12(18)16(4)9-11-15-14-10-5-7-19-8-6-17(10)11/h5-9H2,1-4H3. The van der Waals surface area contributed by atoms with Gasteiger partial charge in [-0.15, -0.1) is 10.2 Å². The molecule has 0 N–H and O–H groups in total. The Morgan fingerprint density at radius 3 is 2.85 bits per heavy atom. The summed E-state index contributed by atoms with van der Waals surface area (Å²) in [5, 5.41) is 8.32. The molecule has 0 spiro atoms. The van der Waals surface area contributed by atoms with E-state index in [0.29, 0.717) is 19.8 Å². The van der Waals surface area contributed by atoms with Gasteiger partial charge in [-0.3, -0.25) is 0 Å². The van der Waals surface area contributed by atoms with E-state index in [2.05, 4.69) is 10.2 Å². The first-order chi connectivity index (χ1) is 9.37. The molecule has 0 aliphatic carbocycles. The number of carbonyl (C=O) groups is 1. The molecule has 1 aromatic rings. The number of nitrogens with zero attached hydrogens (tertiary/aromatic N) is 4. The van der Waals surface area contributed by atoms with Gasteiger partial charge in [0.2, 0.25) is 0 Å². The lowest BCUT2D eigenvalue weighted by Gasteiger charge is -2.24. The number of hydrogen-bond donors (Lipinski definition) is 0. The van der Waals surface area contributed by atoms with Gasteiger partial charge in [-0.25, -0.2) is 4.79 Å². The number of ether oxygens (including phenoxy) is 2. The minimum Gasteiger partial charge on any atom is -0.444 e. The fourth-order valence-corrected chi connectivity index (χ4v) is 1.97. The number of amides is 1. The van der Waals surface area contributed by atoms with Crippen LogP contribution in [-0.2, 0) is 29.0 Å². The molecule has 1 aromatic heterocycles. The lowest BCUT2D eigenvalue weighted by atomic mass is 10.2. The van der Waals surface area contributed by atoms with Gasteiger partial charge < -0.3 is 18.9 Å². The summed E-state index contributed by atoms with van der Waals surface area (Å²) >= 11 is 0. The van der Waals surface area contributed by atoms with Crippen LogP contribution >= 0.6 is 0 Å². The number of carbonyl (C=O) groups excluding carboxylic acids is 1. The van der Waals surface area contributed by atoms with Gasteiger partial charge in [0.05, 0.1) is 19.8 Å². The molecule has 7 heteroatoms. The van der Waals surface area contributed by atoms with E-state index in [4.69, 9.17) is 9.47 Å². The van der Waals surface area contributed by atoms with Crippen molar-refractivity contribution in [2.24, 2.45) is 0 Å². The average Bonchev–Trinajstić information content (AvgIpc) is 2.58. The second-order valence-electron chi connectivity index (χ2n) is 5.88. The van der Waals surface area contributed by atoms with Crippen molar-refractivity contribution in [1.29, 1.82) is 0 Å². The van der Waals surface area contributed by atoms with Crippen LogP contribution in [0.15, 0.2) is 0 Å². The summed E-state index contributed by atoms with van der Waals surface area (Å²) in [5.41, 5.74) is -0.499. The first kappa shape index (κ1) is 14.8. The zero-order chi connectivity index (χ0) is 14.8. The molecule has 2 heterocycles. The molecule has 0 radical (unpaired) electrons. The summed E-state index contributed by atoms with van der Waals surface area (Å²) in [6.45, 7) is 7.95. The first-order valence-electron chi connectivity index (χ1n) is 6.79. The third-order valence-corrected chi connectivity index (χ3v) is 2.92. The zero-order valence-corrected chi connectivity index (χ0v) is 12.5. The summed E-state index contributed by atoms with van der Waals surface area (Å²) in [6.07, 6.45) is 0.392. The third kappa shape index (κ3) is 3.69. The van der Waals surface area contributed by atoms with Crippen LogP contribution in [-0.4, -0.2) is 51.6 Å². The molecule has 1 aliphatic rings. The Morgan fingerprint density at radius 2 is 2.15 bits per heavy atom. The molecule has 0 saturated heterocycles. The van der Waals surface area contributed by atoms with Crippen LogP contribution in [0.25, 0.3) is 0 Å². The number of fused-ring (bicyclic) bond motifs is 1. The molecular formula is C13H22N4O3. The highest BCUT2D eigenvalue weighted by Gasteiger charge is 2.22. The molecular weight excluding hydrogens is 260 g/mol. The predicted molar refractivity (Wildman–Crippen MR) is 72.2 cm³/mol. The van der Waals surface area contributed by atoms with E-state index in [9.17, 15) is 4.79 Å². The lowest BCUT2D eigenvalue weighted by Crippen LogP contribution is -2.34. The zero-order valence-electron chi connectivity index (χ0n) is 12.5. The van der Waals surface area contributed by atoms with Crippen molar-refractivity contribution >= 4 is 6.09 Å². The van der Waals surface area contributed by atoms with Gasteiger partial charge in [-0.2, -0.15) is 0 Å². The Morgan fingerprint density at radius 1 is 1.40 bits per heavy atom. The van der Waals surface area contributed by atoms with Crippen LogP contribution in [0.5, 0.6) is 0 Å². The topological polar surface area (TPSA) is 69.5 Å². The van der Waals surface area contributed by atoms with Crippen molar-refractivity contribution in [2.45, 2.75) is 45.9 Å². The molecule has 1 aliphatic heterocycles. The fraction of sp³-hybridized carbons (Fsp3) is 0.769. The first-order valence-corrected chi connectivity index (χ1v) is 6.79. The van der Waals surface area contributed by atoms with Crippen molar-refractivity contribution < 1.29 is 14.3 Å². The highest BCUT2D eigenvalue weighted by atomic mass is 16.6. The average molecular weight is 282 g/mol. The van der Waals surface area contributed by atoms with Crippen LogP contribution in [0.3, 0.4) is 0 Å². The summed E-state index contributed by atoms with van der Waals surface area (Å²) < 4.78 is 12.8. The maximum atomic E-state index is 11.9. The molecule has 2 rings (SSSR count). The van der Waals surface area contributed by atoms with E-state index in [1.807, 2.05) is 25.3 Å². The van der Waals surface area contributed by atoms with Gasteiger partial charge in [0.15, 0.2) is 5.82 Å². The Bertz CT molecular complexity index is 478. The van der Waals surface area contributed by atoms with E-state index in [0.717, 1.165) is 24.6 Å².